The molecule has 2 aromatic rings. The van der Waals surface area contributed by atoms with Gasteiger partial charge < -0.3 is 19.3 Å². The van der Waals surface area contributed by atoms with E-state index in [9.17, 15) is 5.26 Å². The van der Waals surface area contributed by atoms with Crippen molar-refractivity contribution in [3.63, 3.8) is 0 Å². The number of halogens is 1. The standard InChI is InChI=1S/C15H15ClN4O3/c1-21-10-4-3-9(12(16)13(10)22-2)14-19-11(23-20-14)5-15(6-17)7-18-8-15/h3-4,18H,5,7-8H2,1-2H3. The summed E-state index contributed by atoms with van der Waals surface area (Å²) >= 11 is 6.35. The third-order valence-electron chi connectivity index (χ3n) is 3.85. The van der Waals surface area contributed by atoms with Gasteiger partial charge in [-0.05, 0) is 12.1 Å². The van der Waals surface area contributed by atoms with Gasteiger partial charge in [0, 0.05) is 25.1 Å². The minimum Gasteiger partial charge on any atom is -0.493 e. The normalized spacial score (nSPS) is 15.6. The molecule has 0 unspecified atom stereocenters. The Morgan fingerprint density at radius 1 is 1.39 bits per heavy atom. The maximum absolute atomic E-state index is 9.26. The Bertz CT molecular complexity index is 765. The van der Waals surface area contributed by atoms with Gasteiger partial charge in [0.1, 0.15) is 0 Å². The molecule has 1 aromatic carbocycles. The van der Waals surface area contributed by atoms with Crippen LogP contribution in [0.5, 0.6) is 11.5 Å². The Labute approximate surface area is 138 Å². The molecule has 0 bridgehead atoms. The van der Waals surface area contributed by atoms with Crippen LogP contribution >= 0.6 is 11.6 Å². The summed E-state index contributed by atoms with van der Waals surface area (Å²) in [5.41, 5.74) is 0.114. The predicted molar refractivity (Wildman–Crippen MR) is 82.5 cm³/mol. The Balaban J connectivity index is 1.90. The zero-order valence-corrected chi connectivity index (χ0v) is 13.5. The summed E-state index contributed by atoms with van der Waals surface area (Å²) in [6.45, 7) is 1.25. The summed E-state index contributed by atoms with van der Waals surface area (Å²) in [6, 6.07) is 5.77. The minimum atomic E-state index is -0.467. The number of benzene rings is 1. The van der Waals surface area contributed by atoms with E-state index in [0.717, 1.165) is 0 Å². The van der Waals surface area contributed by atoms with E-state index in [1.54, 1.807) is 12.1 Å². The Kier molecular flexibility index (Phi) is 4.11. The van der Waals surface area contributed by atoms with Crippen molar-refractivity contribution in [2.45, 2.75) is 6.42 Å². The fraction of sp³-hybridized carbons (Fsp3) is 0.400. The second kappa shape index (κ2) is 6.07. The van der Waals surface area contributed by atoms with Crippen molar-refractivity contribution in [1.29, 1.82) is 5.26 Å². The zero-order valence-electron chi connectivity index (χ0n) is 12.7. The highest BCUT2D eigenvalue weighted by atomic mass is 35.5. The first-order valence-corrected chi connectivity index (χ1v) is 7.35. The topological polar surface area (TPSA) is 93.2 Å². The van der Waals surface area contributed by atoms with E-state index in [-0.39, 0.29) is 0 Å². The van der Waals surface area contributed by atoms with Crippen molar-refractivity contribution in [2.24, 2.45) is 5.41 Å². The lowest BCUT2D eigenvalue weighted by atomic mass is 9.80. The van der Waals surface area contributed by atoms with Gasteiger partial charge in [-0.25, -0.2) is 0 Å². The predicted octanol–water partition coefficient (Wildman–Crippen LogP) is 2.06. The van der Waals surface area contributed by atoms with Gasteiger partial charge in [-0.2, -0.15) is 10.2 Å². The smallest absolute Gasteiger partial charge is 0.228 e. The molecule has 23 heavy (non-hydrogen) atoms. The third-order valence-corrected chi connectivity index (χ3v) is 4.22. The molecule has 1 fully saturated rings. The van der Waals surface area contributed by atoms with E-state index in [1.165, 1.54) is 14.2 Å². The molecule has 1 saturated heterocycles. The van der Waals surface area contributed by atoms with Crippen LogP contribution in [0.4, 0.5) is 0 Å². The number of nitrogens with zero attached hydrogens (tertiary/aromatic N) is 3. The van der Waals surface area contributed by atoms with Gasteiger partial charge >= 0.3 is 0 Å². The number of rotatable bonds is 5. The highest BCUT2D eigenvalue weighted by Crippen LogP contribution is 2.41. The first-order chi connectivity index (χ1) is 11.1. The molecule has 8 heteroatoms. The van der Waals surface area contributed by atoms with E-state index < -0.39 is 5.41 Å². The minimum absolute atomic E-state index is 0.347. The summed E-state index contributed by atoms with van der Waals surface area (Å²) < 4.78 is 15.7. The lowest BCUT2D eigenvalue weighted by Crippen LogP contribution is -2.53. The van der Waals surface area contributed by atoms with Crippen LogP contribution in [-0.4, -0.2) is 37.4 Å². The van der Waals surface area contributed by atoms with Gasteiger partial charge in [-0.3, -0.25) is 0 Å². The number of hydrogen-bond acceptors (Lipinski definition) is 7. The lowest BCUT2D eigenvalue weighted by Gasteiger charge is -2.34. The molecule has 1 aliphatic heterocycles. The molecule has 2 heterocycles. The number of ether oxygens (including phenoxy) is 2. The zero-order chi connectivity index (χ0) is 16.4. The summed E-state index contributed by atoms with van der Waals surface area (Å²) in [5, 5.41) is 16.7. The molecule has 1 aliphatic rings. The van der Waals surface area contributed by atoms with Crippen molar-refractivity contribution >= 4 is 11.6 Å². The summed E-state index contributed by atoms with van der Waals surface area (Å²) in [6.07, 6.45) is 0.411. The third kappa shape index (κ3) is 2.71. The molecule has 0 saturated carbocycles. The Morgan fingerprint density at radius 3 is 2.74 bits per heavy atom. The molecule has 1 N–H and O–H groups in total. The molecule has 120 valence electrons. The average molecular weight is 335 g/mol. The fourth-order valence-electron chi connectivity index (χ4n) is 2.46. The summed E-state index contributed by atoms with van der Waals surface area (Å²) in [4.78, 5) is 4.35. The van der Waals surface area contributed by atoms with E-state index in [0.29, 0.717) is 53.3 Å². The Morgan fingerprint density at radius 2 is 2.17 bits per heavy atom. The second-order valence-electron chi connectivity index (χ2n) is 5.35. The van der Waals surface area contributed by atoms with Crippen molar-refractivity contribution in [3.8, 4) is 29.0 Å². The van der Waals surface area contributed by atoms with Gasteiger partial charge in [0.15, 0.2) is 11.5 Å². The molecular weight excluding hydrogens is 320 g/mol. The first-order valence-electron chi connectivity index (χ1n) is 6.98. The largest absolute Gasteiger partial charge is 0.493 e. The fourth-order valence-corrected chi connectivity index (χ4v) is 2.78. The van der Waals surface area contributed by atoms with Crippen LogP contribution < -0.4 is 14.8 Å². The van der Waals surface area contributed by atoms with Crippen molar-refractivity contribution in [3.05, 3.63) is 23.0 Å². The molecule has 0 radical (unpaired) electrons. The molecular formula is C15H15ClN4O3. The van der Waals surface area contributed by atoms with Crippen LogP contribution in [-0.2, 0) is 6.42 Å². The average Bonchev–Trinajstić information content (AvgIpc) is 2.98. The van der Waals surface area contributed by atoms with Crippen molar-refractivity contribution in [1.82, 2.24) is 15.5 Å². The molecule has 0 aliphatic carbocycles. The number of hydrogen-bond donors (Lipinski definition) is 1. The number of methoxy groups -OCH3 is 2. The number of nitriles is 1. The monoisotopic (exact) mass is 334 g/mol. The van der Waals surface area contributed by atoms with Crippen LogP contribution in [0.15, 0.2) is 16.7 Å². The van der Waals surface area contributed by atoms with Crippen molar-refractivity contribution < 1.29 is 14.0 Å². The lowest BCUT2D eigenvalue weighted by molar-refractivity contribution is 0.221. The van der Waals surface area contributed by atoms with E-state index in [1.807, 2.05) is 0 Å². The maximum Gasteiger partial charge on any atom is 0.228 e. The van der Waals surface area contributed by atoms with Crippen LogP contribution in [0.3, 0.4) is 0 Å². The van der Waals surface area contributed by atoms with Gasteiger partial charge in [0.2, 0.25) is 11.7 Å². The number of aromatic nitrogens is 2. The molecule has 0 amide bonds. The van der Waals surface area contributed by atoms with E-state index >= 15 is 0 Å². The van der Waals surface area contributed by atoms with Crippen LogP contribution in [0.25, 0.3) is 11.4 Å². The SMILES string of the molecule is COc1ccc(-c2noc(CC3(C#N)CNC3)n2)c(Cl)c1OC. The van der Waals surface area contributed by atoms with Crippen LogP contribution in [0.1, 0.15) is 5.89 Å². The van der Waals surface area contributed by atoms with Crippen LogP contribution in [0.2, 0.25) is 5.02 Å². The van der Waals surface area contributed by atoms with Gasteiger partial charge in [0.25, 0.3) is 0 Å². The van der Waals surface area contributed by atoms with E-state index in [4.69, 9.17) is 25.6 Å². The summed E-state index contributed by atoms with van der Waals surface area (Å²) in [7, 11) is 3.05. The van der Waals surface area contributed by atoms with Gasteiger partial charge in [0.05, 0.1) is 30.7 Å². The maximum atomic E-state index is 9.26. The number of nitrogens with one attached hydrogen (secondary N) is 1. The molecule has 7 nitrogen and oxygen atoms in total. The van der Waals surface area contributed by atoms with Crippen LogP contribution in [0, 0.1) is 16.7 Å². The molecule has 0 spiro atoms. The molecule has 3 rings (SSSR count). The summed E-state index contributed by atoms with van der Waals surface area (Å²) in [5.74, 6) is 1.70. The highest BCUT2D eigenvalue weighted by Gasteiger charge is 2.39. The van der Waals surface area contributed by atoms with Gasteiger partial charge in [-0.15, -0.1) is 0 Å². The molecule has 0 atom stereocenters. The van der Waals surface area contributed by atoms with E-state index in [2.05, 4.69) is 21.5 Å². The van der Waals surface area contributed by atoms with Gasteiger partial charge in [-0.1, -0.05) is 16.8 Å². The van der Waals surface area contributed by atoms with Crippen molar-refractivity contribution in [2.75, 3.05) is 27.3 Å². The quantitative estimate of drug-likeness (QED) is 0.894. The Hall–Kier alpha value is -2.30. The highest BCUT2D eigenvalue weighted by molar-refractivity contribution is 6.35. The first kappa shape index (κ1) is 15.6. The second-order valence-corrected chi connectivity index (χ2v) is 5.72. The molecule has 1 aromatic heterocycles.